The van der Waals surface area contributed by atoms with Gasteiger partial charge in [0, 0.05) is 50.2 Å². The summed E-state index contributed by atoms with van der Waals surface area (Å²) < 4.78 is 11.7. The van der Waals surface area contributed by atoms with Crippen molar-refractivity contribution in [3.05, 3.63) is 59.7 Å². The third-order valence-electron chi connectivity index (χ3n) is 8.30. The number of nitrogens with zero attached hydrogens (tertiary/aromatic N) is 1. The van der Waals surface area contributed by atoms with Crippen LogP contribution in [-0.2, 0) is 15.1 Å². The predicted molar refractivity (Wildman–Crippen MR) is 147 cm³/mol. The van der Waals surface area contributed by atoms with Gasteiger partial charge in [-0.15, -0.1) is 0 Å². The molecule has 1 saturated heterocycles. The zero-order valence-corrected chi connectivity index (χ0v) is 22.5. The average Bonchev–Trinajstić information content (AvgIpc) is 2.92. The number of hydrogen-bond donors (Lipinski definition) is 2. The molecule has 2 aromatic rings. The number of benzene rings is 2. The van der Waals surface area contributed by atoms with Gasteiger partial charge in [0.2, 0.25) is 5.91 Å². The molecule has 0 bridgehead atoms. The standard InChI is InChI=1S/C31H44N2O4/c1-23-11-3-5-16-28(23)37-29-17-6-4-15-27(29)31(35,18-7-8-20-36-2)25-13-10-19-33(22-25)30(34)24-12-9-14-26(32)21-24/h3-6,11,15-17,24-26,35H,7-10,12-14,18-22,32H2,1-2H3/t24-,25?,26+,31+/m1/s1. The lowest BCUT2D eigenvalue weighted by Crippen LogP contribution is -2.50. The van der Waals surface area contributed by atoms with E-state index in [9.17, 15) is 9.90 Å². The van der Waals surface area contributed by atoms with Gasteiger partial charge < -0.3 is 25.2 Å². The number of para-hydroxylation sites is 2. The van der Waals surface area contributed by atoms with Gasteiger partial charge in [-0.1, -0.05) is 42.8 Å². The van der Waals surface area contributed by atoms with E-state index in [2.05, 4.69) is 0 Å². The number of hydrogen-bond acceptors (Lipinski definition) is 5. The van der Waals surface area contributed by atoms with Crippen molar-refractivity contribution in [1.82, 2.24) is 4.90 Å². The van der Waals surface area contributed by atoms with E-state index in [1.54, 1.807) is 7.11 Å². The number of rotatable bonds is 10. The minimum absolute atomic E-state index is 0.00831. The molecule has 2 aromatic carbocycles. The Morgan fingerprint density at radius 1 is 1.05 bits per heavy atom. The van der Waals surface area contributed by atoms with Crippen molar-refractivity contribution < 1.29 is 19.4 Å². The number of aryl methyl sites for hydroxylation is 1. The zero-order chi connectivity index (χ0) is 26.3. The summed E-state index contributed by atoms with van der Waals surface area (Å²) in [6.45, 7) is 4.00. The Bertz CT molecular complexity index is 1030. The van der Waals surface area contributed by atoms with Crippen molar-refractivity contribution in [1.29, 1.82) is 0 Å². The van der Waals surface area contributed by atoms with Crippen molar-refractivity contribution >= 4 is 5.91 Å². The molecule has 1 aliphatic carbocycles. The molecule has 0 radical (unpaired) electrons. The minimum Gasteiger partial charge on any atom is -0.457 e. The van der Waals surface area contributed by atoms with Crippen LogP contribution in [0.1, 0.15) is 68.9 Å². The number of amides is 1. The van der Waals surface area contributed by atoms with Crippen molar-refractivity contribution in [3.63, 3.8) is 0 Å². The second-order valence-electron chi connectivity index (χ2n) is 11.0. The Kier molecular flexibility index (Phi) is 9.63. The molecule has 6 nitrogen and oxygen atoms in total. The quantitative estimate of drug-likeness (QED) is 0.411. The summed E-state index contributed by atoms with van der Waals surface area (Å²) in [5.41, 5.74) is 6.93. The van der Waals surface area contributed by atoms with Crippen LogP contribution >= 0.6 is 0 Å². The second-order valence-corrected chi connectivity index (χ2v) is 11.0. The van der Waals surface area contributed by atoms with Crippen LogP contribution < -0.4 is 10.5 Å². The fourth-order valence-electron chi connectivity index (χ4n) is 6.18. The number of likely N-dealkylation sites (tertiary alicyclic amines) is 1. The number of nitrogens with two attached hydrogens (primary N) is 1. The van der Waals surface area contributed by atoms with Crippen molar-refractivity contribution in [2.45, 2.75) is 76.4 Å². The number of aliphatic hydroxyl groups is 1. The largest absolute Gasteiger partial charge is 0.457 e. The number of piperidine rings is 1. The predicted octanol–water partition coefficient (Wildman–Crippen LogP) is 5.55. The summed E-state index contributed by atoms with van der Waals surface area (Å²) in [4.78, 5) is 15.5. The molecule has 1 unspecified atom stereocenters. The topological polar surface area (TPSA) is 85.0 Å². The van der Waals surface area contributed by atoms with Crippen molar-refractivity contribution in [2.24, 2.45) is 17.6 Å². The number of carbonyl (C=O) groups excluding carboxylic acids is 1. The van der Waals surface area contributed by atoms with Crippen LogP contribution in [0.5, 0.6) is 11.5 Å². The van der Waals surface area contributed by atoms with Gasteiger partial charge in [0.15, 0.2) is 0 Å². The van der Waals surface area contributed by atoms with E-state index in [0.717, 1.165) is 74.8 Å². The lowest BCUT2D eigenvalue weighted by molar-refractivity contribution is -0.142. The van der Waals surface area contributed by atoms with Crippen LogP contribution in [0, 0.1) is 18.8 Å². The fourth-order valence-corrected chi connectivity index (χ4v) is 6.18. The molecule has 2 fully saturated rings. The molecular formula is C31H44N2O4. The molecule has 4 atom stereocenters. The molecule has 202 valence electrons. The van der Waals surface area contributed by atoms with Crippen LogP contribution in [0.25, 0.3) is 0 Å². The lowest BCUT2D eigenvalue weighted by Gasteiger charge is -2.44. The maximum Gasteiger partial charge on any atom is 0.225 e. The van der Waals surface area contributed by atoms with Gasteiger partial charge in [-0.25, -0.2) is 0 Å². The molecule has 4 rings (SSSR count). The molecule has 1 amide bonds. The Morgan fingerprint density at radius 3 is 2.57 bits per heavy atom. The highest BCUT2D eigenvalue weighted by atomic mass is 16.5. The van der Waals surface area contributed by atoms with E-state index < -0.39 is 5.60 Å². The van der Waals surface area contributed by atoms with Crippen LogP contribution in [0.4, 0.5) is 0 Å². The van der Waals surface area contributed by atoms with Gasteiger partial charge in [0.1, 0.15) is 11.5 Å². The molecule has 0 spiro atoms. The maximum atomic E-state index is 13.5. The van der Waals surface area contributed by atoms with Crippen molar-refractivity contribution in [2.75, 3.05) is 26.8 Å². The van der Waals surface area contributed by atoms with E-state index >= 15 is 0 Å². The smallest absolute Gasteiger partial charge is 0.225 e. The highest BCUT2D eigenvalue weighted by molar-refractivity contribution is 5.79. The first-order valence-electron chi connectivity index (χ1n) is 14.0. The molecule has 37 heavy (non-hydrogen) atoms. The SMILES string of the molecule is COCCCC[C@@](O)(c1ccccc1Oc1ccccc1C)C1CCCN(C(=O)[C@@H]2CCC[C@H](N)C2)C1. The Morgan fingerprint density at radius 2 is 1.81 bits per heavy atom. The van der Waals surface area contributed by atoms with Crippen LogP contribution in [-0.4, -0.2) is 48.8 Å². The van der Waals surface area contributed by atoms with Crippen LogP contribution in [0.15, 0.2) is 48.5 Å². The van der Waals surface area contributed by atoms with Gasteiger partial charge in [-0.3, -0.25) is 4.79 Å². The first kappa shape index (κ1) is 27.6. The highest BCUT2D eigenvalue weighted by Crippen LogP contribution is 2.45. The second kappa shape index (κ2) is 12.9. The van der Waals surface area contributed by atoms with E-state index in [4.69, 9.17) is 15.2 Å². The van der Waals surface area contributed by atoms with Crippen LogP contribution in [0.2, 0.25) is 0 Å². The average molecular weight is 509 g/mol. The fraction of sp³-hybridized carbons (Fsp3) is 0.581. The molecular weight excluding hydrogens is 464 g/mol. The van der Waals surface area contributed by atoms with Gasteiger partial charge in [-0.05, 0) is 76.0 Å². The normalized spacial score (nSPS) is 23.9. The molecule has 1 saturated carbocycles. The molecule has 1 heterocycles. The first-order chi connectivity index (χ1) is 17.9. The molecule has 6 heteroatoms. The highest BCUT2D eigenvalue weighted by Gasteiger charge is 2.43. The zero-order valence-electron chi connectivity index (χ0n) is 22.5. The van der Waals surface area contributed by atoms with Gasteiger partial charge >= 0.3 is 0 Å². The maximum absolute atomic E-state index is 13.5. The van der Waals surface area contributed by atoms with Gasteiger partial charge in [0.05, 0.1) is 5.60 Å². The molecule has 1 aliphatic heterocycles. The summed E-state index contributed by atoms with van der Waals surface area (Å²) >= 11 is 0. The van der Waals surface area contributed by atoms with Gasteiger partial charge in [0.25, 0.3) is 0 Å². The van der Waals surface area contributed by atoms with E-state index in [-0.39, 0.29) is 23.8 Å². The first-order valence-corrected chi connectivity index (χ1v) is 14.0. The lowest BCUT2D eigenvalue weighted by atomic mass is 9.73. The number of ether oxygens (including phenoxy) is 2. The number of carbonyl (C=O) groups is 1. The Labute approximate surface area is 222 Å². The Balaban J connectivity index is 1.61. The summed E-state index contributed by atoms with van der Waals surface area (Å²) in [6.07, 6.45) is 7.75. The summed E-state index contributed by atoms with van der Waals surface area (Å²) in [6, 6.07) is 15.9. The minimum atomic E-state index is -1.12. The van der Waals surface area contributed by atoms with Gasteiger partial charge in [-0.2, -0.15) is 0 Å². The van der Waals surface area contributed by atoms with E-state index in [1.165, 1.54) is 0 Å². The molecule has 0 aromatic heterocycles. The van der Waals surface area contributed by atoms with Crippen LogP contribution in [0.3, 0.4) is 0 Å². The Hall–Kier alpha value is -2.41. The number of methoxy groups -OCH3 is 1. The summed E-state index contributed by atoms with van der Waals surface area (Å²) in [7, 11) is 1.71. The summed E-state index contributed by atoms with van der Waals surface area (Å²) in [5, 5.41) is 12.5. The van der Waals surface area contributed by atoms with E-state index in [1.807, 2.05) is 60.4 Å². The summed E-state index contributed by atoms with van der Waals surface area (Å²) in [5.74, 6) is 1.60. The third kappa shape index (κ3) is 6.73. The van der Waals surface area contributed by atoms with Crippen molar-refractivity contribution in [3.8, 4) is 11.5 Å². The number of unbranched alkanes of at least 4 members (excludes halogenated alkanes) is 1. The van der Waals surface area contributed by atoms with E-state index in [0.29, 0.717) is 25.3 Å². The molecule has 2 aliphatic rings. The molecule has 3 N–H and O–H groups in total. The monoisotopic (exact) mass is 508 g/mol. The third-order valence-corrected chi connectivity index (χ3v) is 8.30.